The summed E-state index contributed by atoms with van der Waals surface area (Å²) in [6.07, 6.45) is -2.04. The molecule has 46 heavy (non-hydrogen) atoms. The number of carbonyl (C=O) groups is 2. The smallest absolute Gasteiger partial charge is 0.497 e. The summed E-state index contributed by atoms with van der Waals surface area (Å²) in [5.74, 6) is -1.40. The molecule has 0 aromatic heterocycles. The monoisotopic (exact) mass is 661 g/mol. The van der Waals surface area contributed by atoms with Gasteiger partial charge in [-0.2, -0.15) is 0 Å². The number of carboxylic acid groups (broad SMARTS) is 1. The van der Waals surface area contributed by atoms with Crippen LogP contribution in [0.2, 0.25) is 5.02 Å². The second-order valence-corrected chi connectivity index (χ2v) is 12.0. The standard InChI is InChI=1S/C32H31ClF3N3O7/c1-30(2,29(41)42)46-37-16-18-11-20(14-22(12-18)43-3)38-27(23-7-5-19(33)13-26(23)44-4)28(40)39-17-31(9-10-31)24-8-6-21(15-25(24)39)45-32(34,35)36/h5-8,11-16,27,38H,9-10,17H2,1-4H3,(H,41,42). The molecule has 0 radical (unpaired) electrons. The number of methoxy groups -OCH3 is 2. The van der Waals surface area contributed by atoms with Crippen molar-refractivity contribution in [3.05, 3.63) is 76.3 Å². The van der Waals surface area contributed by atoms with Crippen LogP contribution in [0.25, 0.3) is 0 Å². The molecule has 3 aromatic rings. The van der Waals surface area contributed by atoms with E-state index in [2.05, 4.69) is 15.2 Å². The number of rotatable bonds is 11. The number of nitrogens with zero attached hydrogens (tertiary/aromatic N) is 2. The molecule has 5 rings (SSSR count). The average molecular weight is 662 g/mol. The number of fused-ring (bicyclic) bond motifs is 2. The third-order valence-electron chi connectivity index (χ3n) is 7.87. The van der Waals surface area contributed by atoms with E-state index in [4.69, 9.17) is 25.9 Å². The number of aliphatic carboxylic acids is 1. The van der Waals surface area contributed by atoms with Crippen molar-refractivity contribution in [1.29, 1.82) is 0 Å². The number of carboxylic acids is 1. The Morgan fingerprint density at radius 3 is 2.41 bits per heavy atom. The number of nitrogens with one attached hydrogen (secondary N) is 1. The maximum Gasteiger partial charge on any atom is 0.573 e. The first-order valence-corrected chi connectivity index (χ1v) is 14.5. The molecule has 0 bridgehead atoms. The minimum Gasteiger partial charge on any atom is -0.497 e. The number of oxime groups is 1. The first-order chi connectivity index (χ1) is 21.6. The number of alkyl halides is 3. The summed E-state index contributed by atoms with van der Waals surface area (Å²) in [6.45, 7) is 2.97. The number of benzene rings is 3. The Kier molecular flexibility index (Phi) is 8.73. The van der Waals surface area contributed by atoms with Crippen LogP contribution >= 0.6 is 11.6 Å². The van der Waals surface area contributed by atoms with Gasteiger partial charge in [0.05, 0.1) is 26.1 Å². The van der Waals surface area contributed by atoms with Gasteiger partial charge in [-0.05, 0) is 62.6 Å². The summed E-state index contributed by atoms with van der Waals surface area (Å²) in [5.41, 5.74) is 0.469. The lowest BCUT2D eigenvalue weighted by atomic mass is 9.99. The molecule has 1 aliphatic heterocycles. The summed E-state index contributed by atoms with van der Waals surface area (Å²) < 4.78 is 54.5. The molecule has 10 nitrogen and oxygen atoms in total. The molecule has 3 aromatic carbocycles. The average Bonchev–Trinajstić information content (AvgIpc) is 3.70. The summed E-state index contributed by atoms with van der Waals surface area (Å²) in [6, 6.07) is 12.7. The second kappa shape index (κ2) is 12.3. The summed E-state index contributed by atoms with van der Waals surface area (Å²) in [4.78, 5) is 32.5. The highest BCUT2D eigenvalue weighted by Gasteiger charge is 2.54. The number of amides is 1. The second-order valence-electron chi connectivity index (χ2n) is 11.5. The molecule has 2 N–H and O–H groups in total. The van der Waals surface area contributed by atoms with Gasteiger partial charge in [0.15, 0.2) is 0 Å². The molecular weight excluding hydrogens is 631 g/mol. The molecule has 1 aliphatic carbocycles. The van der Waals surface area contributed by atoms with Crippen molar-refractivity contribution in [2.24, 2.45) is 5.16 Å². The van der Waals surface area contributed by atoms with E-state index in [1.165, 1.54) is 51.3 Å². The maximum atomic E-state index is 14.5. The van der Waals surface area contributed by atoms with Gasteiger partial charge in [0.1, 0.15) is 23.3 Å². The van der Waals surface area contributed by atoms with E-state index in [9.17, 15) is 27.9 Å². The van der Waals surface area contributed by atoms with Crippen molar-refractivity contribution in [3.63, 3.8) is 0 Å². The summed E-state index contributed by atoms with van der Waals surface area (Å²) >= 11 is 6.23. The van der Waals surface area contributed by atoms with Crippen LogP contribution in [-0.4, -0.2) is 55.9 Å². The molecule has 244 valence electrons. The van der Waals surface area contributed by atoms with E-state index in [1.54, 1.807) is 42.5 Å². The van der Waals surface area contributed by atoms with Crippen LogP contribution in [0.4, 0.5) is 24.5 Å². The molecular formula is C32H31ClF3N3O7. The van der Waals surface area contributed by atoms with Gasteiger partial charge in [0, 0.05) is 45.9 Å². The van der Waals surface area contributed by atoms with Crippen LogP contribution in [0, 0.1) is 0 Å². The van der Waals surface area contributed by atoms with Crippen molar-refractivity contribution < 1.29 is 46.9 Å². The van der Waals surface area contributed by atoms with Crippen LogP contribution in [0.15, 0.2) is 59.8 Å². The predicted molar refractivity (Wildman–Crippen MR) is 164 cm³/mol. The fourth-order valence-electron chi connectivity index (χ4n) is 5.30. The maximum absolute atomic E-state index is 14.5. The van der Waals surface area contributed by atoms with Crippen molar-refractivity contribution in [2.75, 3.05) is 31.0 Å². The lowest BCUT2D eigenvalue weighted by Crippen LogP contribution is -2.38. The highest BCUT2D eigenvalue weighted by Crippen LogP contribution is 2.57. The van der Waals surface area contributed by atoms with Crippen molar-refractivity contribution >= 4 is 41.1 Å². The van der Waals surface area contributed by atoms with Gasteiger partial charge in [-0.25, -0.2) is 4.79 Å². The highest BCUT2D eigenvalue weighted by molar-refractivity contribution is 6.30. The van der Waals surface area contributed by atoms with Gasteiger partial charge in [0.2, 0.25) is 5.60 Å². The lowest BCUT2D eigenvalue weighted by Gasteiger charge is -2.28. The van der Waals surface area contributed by atoms with E-state index in [1.807, 2.05) is 0 Å². The SMILES string of the molecule is COc1cc(C=NOC(C)(C)C(=O)O)cc(NC(C(=O)N2CC3(CC3)c3ccc(OC(F)(F)F)cc32)c2ccc(Cl)cc2OC)c1. The Bertz CT molecular complexity index is 1690. The summed E-state index contributed by atoms with van der Waals surface area (Å²) in [5, 5.41) is 16.7. The number of hydrogen-bond donors (Lipinski definition) is 2. The zero-order chi connectivity index (χ0) is 33.4. The minimum atomic E-state index is -4.90. The molecule has 1 heterocycles. The van der Waals surface area contributed by atoms with E-state index in [0.29, 0.717) is 39.0 Å². The Morgan fingerprint density at radius 1 is 1.04 bits per heavy atom. The Balaban J connectivity index is 1.54. The highest BCUT2D eigenvalue weighted by atomic mass is 35.5. The third-order valence-corrected chi connectivity index (χ3v) is 8.11. The zero-order valence-corrected chi connectivity index (χ0v) is 26.0. The zero-order valence-electron chi connectivity index (χ0n) is 25.3. The van der Waals surface area contributed by atoms with Gasteiger partial charge in [-0.1, -0.05) is 28.9 Å². The van der Waals surface area contributed by atoms with Crippen molar-refractivity contribution in [1.82, 2.24) is 0 Å². The number of halogens is 4. The van der Waals surface area contributed by atoms with Gasteiger partial charge < -0.3 is 34.4 Å². The van der Waals surface area contributed by atoms with E-state index >= 15 is 0 Å². The van der Waals surface area contributed by atoms with Crippen LogP contribution in [0.3, 0.4) is 0 Å². The van der Waals surface area contributed by atoms with Crippen LogP contribution < -0.4 is 24.4 Å². The number of anilines is 2. The number of hydrogen-bond acceptors (Lipinski definition) is 8. The third kappa shape index (κ3) is 6.94. The van der Waals surface area contributed by atoms with Crippen LogP contribution in [-0.2, 0) is 19.8 Å². The molecule has 1 atom stereocenters. The fraction of sp³-hybridized carbons (Fsp3) is 0.344. The lowest BCUT2D eigenvalue weighted by molar-refractivity contribution is -0.274. The van der Waals surface area contributed by atoms with Crippen molar-refractivity contribution in [2.45, 2.75) is 50.1 Å². The molecule has 1 amide bonds. The predicted octanol–water partition coefficient (Wildman–Crippen LogP) is 6.70. The number of ether oxygens (including phenoxy) is 3. The van der Waals surface area contributed by atoms with Gasteiger partial charge >= 0.3 is 12.3 Å². The van der Waals surface area contributed by atoms with E-state index in [0.717, 1.165) is 18.4 Å². The van der Waals surface area contributed by atoms with Crippen molar-refractivity contribution in [3.8, 4) is 17.2 Å². The van der Waals surface area contributed by atoms with Gasteiger partial charge in [-0.3, -0.25) is 4.79 Å². The summed E-state index contributed by atoms with van der Waals surface area (Å²) in [7, 11) is 2.88. The molecule has 0 saturated heterocycles. The van der Waals surface area contributed by atoms with Crippen LogP contribution in [0.5, 0.6) is 17.2 Å². The Hall–Kier alpha value is -4.65. The molecule has 14 heteroatoms. The minimum absolute atomic E-state index is 0.275. The fourth-order valence-corrected chi connectivity index (χ4v) is 5.46. The van der Waals surface area contributed by atoms with Crippen LogP contribution in [0.1, 0.15) is 49.4 Å². The Labute approximate surface area is 267 Å². The number of carbonyl (C=O) groups excluding carboxylic acids is 1. The largest absolute Gasteiger partial charge is 0.573 e. The molecule has 1 saturated carbocycles. The molecule has 1 fully saturated rings. The van der Waals surface area contributed by atoms with Gasteiger partial charge in [0.25, 0.3) is 5.91 Å². The van der Waals surface area contributed by atoms with Gasteiger partial charge in [-0.15, -0.1) is 13.2 Å². The van der Waals surface area contributed by atoms with E-state index < -0.39 is 35.6 Å². The molecule has 2 aliphatic rings. The quantitative estimate of drug-likeness (QED) is 0.172. The van der Waals surface area contributed by atoms with E-state index in [-0.39, 0.29) is 12.0 Å². The first kappa shape index (κ1) is 32.7. The molecule has 1 spiro atoms. The normalized spacial score (nSPS) is 15.8. The first-order valence-electron chi connectivity index (χ1n) is 14.1. The Morgan fingerprint density at radius 2 is 1.78 bits per heavy atom. The topological polar surface area (TPSA) is 119 Å². The molecule has 1 unspecified atom stereocenters.